The zero-order chi connectivity index (χ0) is 17.2. The van der Waals surface area contributed by atoms with E-state index in [1.165, 1.54) is 12.1 Å². The second kappa shape index (κ2) is 8.06. The van der Waals surface area contributed by atoms with Crippen LogP contribution in [0.15, 0.2) is 48.5 Å². The maximum absolute atomic E-state index is 13.6. The smallest absolute Gasteiger partial charge is 0.230 e. The fraction of sp³-hybridized carbons (Fsp3) is 0.350. The molecule has 4 nitrogen and oxygen atoms in total. The molecule has 26 heavy (non-hydrogen) atoms. The molecule has 2 unspecified atom stereocenters. The van der Waals surface area contributed by atoms with Crippen molar-refractivity contribution in [3.05, 3.63) is 65.5 Å². The summed E-state index contributed by atoms with van der Waals surface area (Å²) in [6.45, 7) is 2.41. The molecule has 4 rings (SSSR count). The van der Waals surface area contributed by atoms with Crippen molar-refractivity contribution in [3.8, 4) is 5.75 Å². The third-order valence-corrected chi connectivity index (χ3v) is 4.99. The Bertz CT molecular complexity index is 786. The van der Waals surface area contributed by atoms with Gasteiger partial charge in [0.1, 0.15) is 18.2 Å². The second-order valence-corrected chi connectivity index (χ2v) is 6.63. The molecule has 0 bridgehead atoms. The van der Waals surface area contributed by atoms with Crippen molar-refractivity contribution in [2.24, 2.45) is 5.92 Å². The van der Waals surface area contributed by atoms with Gasteiger partial charge in [0.15, 0.2) is 0 Å². The van der Waals surface area contributed by atoms with E-state index in [1.807, 2.05) is 35.2 Å². The molecule has 6 heteroatoms. The molecule has 0 saturated carbocycles. The van der Waals surface area contributed by atoms with Gasteiger partial charge in [-0.15, -0.1) is 12.4 Å². The van der Waals surface area contributed by atoms with Crippen molar-refractivity contribution in [3.63, 3.8) is 0 Å². The van der Waals surface area contributed by atoms with E-state index in [2.05, 4.69) is 5.32 Å². The van der Waals surface area contributed by atoms with Gasteiger partial charge in [-0.2, -0.15) is 0 Å². The standard InChI is InChI=1S/C20H21FN2O2.ClH/c21-17-6-3-5-14(11-17)18-12-22-8-9-23(18)20(24)16-10-15-4-1-2-7-19(15)25-13-16;/h1-7,11,16,18,22H,8-10,12-13H2;1H. The molecule has 0 radical (unpaired) electrons. The van der Waals surface area contributed by atoms with Gasteiger partial charge >= 0.3 is 0 Å². The van der Waals surface area contributed by atoms with Gasteiger partial charge in [0.2, 0.25) is 5.91 Å². The van der Waals surface area contributed by atoms with E-state index in [0.29, 0.717) is 26.1 Å². The molecule has 2 aromatic carbocycles. The molecule has 2 atom stereocenters. The van der Waals surface area contributed by atoms with E-state index in [1.54, 1.807) is 6.07 Å². The average molecular weight is 377 g/mol. The Morgan fingerprint density at radius 2 is 2.04 bits per heavy atom. The zero-order valence-corrected chi connectivity index (χ0v) is 15.2. The van der Waals surface area contributed by atoms with Crippen LogP contribution in [0.4, 0.5) is 4.39 Å². The number of benzene rings is 2. The highest BCUT2D eigenvalue weighted by Crippen LogP contribution is 2.30. The molecule has 0 aromatic heterocycles. The van der Waals surface area contributed by atoms with Gasteiger partial charge < -0.3 is 15.0 Å². The van der Waals surface area contributed by atoms with Crippen molar-refractivity contribution in [2.45, 2.75) is 12.5 Å². The van der Waals surface area contributed by atoms with Crippen LogP contribution in [0.5, 0.6) is 5.75 Å². The lowest BCUT2D eigenvalue weighted by Gasteiger charge is -2.39. The van der Waals surface area contributed by atoms with Gasteiger partial charge in [-0.05, 0) is 35.7 Å². The summed E-state index contributed by atoms with van der Waals surface area (Å²) < 4.78 is 19.4. The maximum Gasteiger partial charge on any atom is 0.230 e. The number of para-hydroxylation sites is 1. The first-order chi connectivity index (χ1) is 12.2. The lowest BCUT2D eigenvalue weighted by Crippen LogP contribution is -2.51. The van der Waals surface area contributed by atoms with Crippen LogP contribution >= 0.6 is 12.4 Å². The van der Waals surface area contributed by atoms with Crippen LogP contribution < -0.4 is 10.1 Å². The number of rotatable bonds is 2. The van der Waals surface area contributed by atoms with Crippen LogP contribution in [0, 0.1) is 11.7 Å². The number of fused-ring (bicyclic) bond motifs is 1. The van der Waals surface area contributed by atoms with Crippen LogP contribution in [-0.4, -0.2) is 37.0 Å². The van der Waals surface area contributed by atoms with E-state index in [9.17, 15) is 9.18 Å². The Labute approximate surface area is 158 Å². The van der Waals surface area contributed by atoms with Crippen molar-refractivity contribution in [2.75, 3.05) is 26.2 Å². The maximum atomic E-state index is 13.6. The first-order valence-electron chi connectivity index (χ1n) is 8.70. The van der Waals surface area contributed by atoms with Crippen molar-refractivity contribution in [1.82, 2.24) is 10.2 Å². The molecule has 1 N–H and O–H groups in total. The van der Waals surface area contributed by atoms with Gasteiger partial charge in [0.25, 0.3) is 0 Å². The monoisotopic (exact) mass is 376 g/mol. The van der Waals surface area contributed by atoms with Crippen LogP contribution in [-0.2, 0) is 11.2 Å². The van der Waals surface area contributed by atoms with E-state index in [0.717, 1.165) is 23.4 Å². The fourth-order valence-electron chi connectivity index (χ4n) is 3.70. The number of piperazine rings is 1. The lowest BCUT2D eigenvalue weighted by molar-refractivity contribution is -0.140. The molecule has 1 saturated heterocycles. The molecule has 1 amide bonds. The van der Waals surface area contributed by atoms with Gasteiger partial charge in [0, 0.05) is 19.6 Å². The number of amides is 1. The highest BCUT2D eigenvalue weighted by molar-refractivity contribution is 5.85. The van der Waals surface area contributed by atoms with Gasteiger partial charge in [-0.3, -0.25) is 4.79 Å². The minimum Gasteiger partial charge on any atom is -0.492 e. The van der Waals surface area contributed by atoms with Crippen LogP contribution in [0.25, 0.3) is 0 Å². The number of hydrogen-bond donors (Lipinski definition) is 1. The molecular weight excluding hydrogens is 355 g/mol. The van der Waals surface area contributed by atoms with Gasteiger partial charge in [-0.25, -0.2) is 4.39 Å². The van der Waals surface area contributed by atoms with E-state index in [4.69, 9.17) is 4.74 Å². The Balaban J connectivity index is 0.00000196. The summed E-state index contributed by atoms with van der Waals surface area (Å²) in [5.74, 6) is 0.494. The summed E-state index contributed by atoms with van der Waals surface area (Å²) >= 11 is 0. The van der Waals surface area contributed by atoms with E-state index >= 15 is 0 Å². The van der Waals surface area contributed by atoms with Crippen LogP contribution in [0.2, 0.25) is 0 Å². The fourth-order valence-corrected chi connectivity index (χ4v) is 3.70. The van der Waals surface area contributed by atoms with Gasteiger partial charge in [-0.1, -0.05) is 30.3 Å². The summed E-state index contributed by atoms with van der Waals surface area (Å²) in [6, 6.07) is 14.2. The highest BCUT2D eigenvalue weighted by Gasteiger charge is 2.34. The van der Waals surface area contributed by atoms with E-state index in [-0.39, 0.29) is 36.1 Å². The molecule has 2 aromatic rings. The third kappa shape index (κ3) is 3.69. The third-order valence-electron chi connectivity index (χ3n) is 4.99. The number of nitrogens with one attached hydrogen (secondary N) is 1. The number of nitrogens with zero attached hydrogens (tertiary/aromatic N) is 1. The Morgan fingerprint density at radius 1 is 1.19 bits per heavy atom. The van der Waals surface area contributed by atoms with E-state index < -0.39 is 0 Å². The predicted molar refractivity (Wildman–Crippen MR) is 100 cm³/mol. The second-order valence-electron chi connectivity index (χ2n) is 6.63. The van der Waals surface area contributed by atoms with Crippen LogP contribution in [0.1, 0.15) is 17.2 Å². The number of halogens is 2. The number of carbonyl (C=O) groups is 1. The topological polar surface area (TPSA) is 41.6 Å². The predicted octanol–water partition coefficient (Wildman–Crippen LogP) is 2.97. The summed E-state index contributed by atoms with van der Waals surface area (Å²) in [6.07, 6.45) is 0.689. The first-order valence-corrected chi connectivity index (χ1v) is 8.70. The summed E-state index contributed by atoms with van der Waals surface area (Å²) in [5.41, 5.74) is 1.90. The van der Waals surface area contributed by atoms with Gasteiger partial charge in [0.05, 0.1) is 12.0 Å². The average Bonchev–Trinajstić information content (AvgIpc) is 2.67. The minimum atomic E-state index is -0.273. The minimum absolute atomic E-state index is 0. The SMILES string of the molecule is Cl.O=C(C1COc2ccccc2C1)N1CCNCC1c1cccc(F)c1. The lowest BCUT2D eigenvalue weighted by atomic mass is 9.93. The summed E-state index contributed by atoms with van der Waals surface area (Å²) in [4.78, 5) is 15.0. The number of ether oxygens (including phenoxy) is 1. The first kappa shape index (κ1) is 18.7. The molecule has 2 aliphatic heterocycles. The number of carbonyl (C=O) groups excluding carboxylic acids is 1. The zero-order valence-electron chi connectivity index (χ0n) is 14.4. The normalized spacial score (nSPS) is 22.0. The number of hydrogen-bond acceptors (Lipinski definition) is 3. The molecule has 0 aliphatic carbocycles. The molecule has 1 fully saturated rings. The molecule has 2 aliphatic rings. The summed E-state index contributed by atoms with van der Waals surface area (Å²) in [7, 11) is 0. The Hall–Kier alpha value is -2.11. The summed E-state index contributed by atoms with van der Waals surface area (Å²) in [5, 5.41) is 3.31. The molecule has 2 heterocycles. The van der Waals surface area contributed by atoms with Crippen molar-refractivity contribution >= 4 is 18.3 Å². The highest BCUT2D eigenvalue weighted by atomic mass is 35.5. The largest absolute Gasteiger partial charge is 0.492 e. The quantitative estimate of drug-likeness (QED) is 0.876. The van der Waals surface area contributed by atoms with Crippen molar-refractivity contribution < 1.29 is 13.9 Å². The molecule has 0 spiro atoms. The van der Waals surface area contributed by atoms with Crippen molar-refractivity contribution in [1.29, 1.82) is 0 Å². The molecular formula is C20H22ClFN2O2. The Morgan fingerprint density at radius 3 is 2.88 bits per heavy atom. The molecule has 138 valence electrons. The Kier molecular flexibility index (Phi) is 5.79. The van der Waals surface area contributed by atoms with Crippen LogP contribution in [0.3, 0.4) is 0 Å².